The first-order valence-electron chi connectivity index (χ1n) is 7.99. The second kappa shape index (κ2) is 7.46. The Bertz CT molecular complexity index is 727. The fourth-order valence-electron chi connectivity index (χ4n) is 2.84. The summed E-state index contributed by atoms with van der Waals surface area (Å²) in [7, 11) is 1.66. The normalized spacial score (nSPS) is 15.7. The highest BCUT2D eigenvalue weighted by Gasteiger charge is 2.36. The van der Waals surface area contributed by atoms with E-state index >= 15 is 0 Å². The van der Waals surface area contributed by atoms with E-state index in [0.29, 0.717) is 6.61 Å². The molecule has 5 heteroatoms. The fourth-order valence-corrected chi connectivity index (χ4v) is 3.61. The summed E-state index contributed by atoms with van der Waals surface area (Å²) in [6.07, 6.45) is 3.51. The predicted molar refractivity (Wildman–Crippen MR) is 102 cm³/mol. The minimum atomic E-state index is -0.669. The number of hydrogen-bond donors (Lipinski definition) is 1. The molecule has 0 atom stereocenters. The zero-order valence-corrected chi connectivity index (χ0v) is 16.7. The van der Waals surface area contributed by atoms with E-state index in [0.717, 1.165) is 57.3 Å². The van der Waals surface area contributed by atoms with Crippen LogP contribution >= 0.6 is 31.9 Å². The zero-order chi connectivity index (χ0) is 17.2. The van der Waals surface area contributed by atoms with Crippen LogP contribution in [0.4, 0.5) is 0 Å². The third-order valence-electron chi connectivity index (χ3n) is 4.51. The standard InChI is InChI=1S/C19H20Br2O3/c1-23-17-11-13(3-5-15(17)20)7-10-24-18-12-14(4-6-16(18)21)19(22)8-2-9-19/h3-6,11-12,22H,2,7-10H2,1H3. The summed E-state index contributed by atoms with van der Waals surface area (Å²) < 4.78 is 13.1. The van der Waals surface area contributed by atoms with E-state index in [2.05, 4.69) is 37.9 Å². The first-order chi connectivity index (χ1) is 11.5. The average molecular weight is 456 g/mol. The molecule has 24 heavy (non-hydrogen) atoms. The van der Waals surface area contributed by atoms with Crippen LogP contribution in [0.1, 0.15) is 30.4 Å². The summed E-state index contributed by atoms with van der Waals surface area (Å²) in [5, 5.41) is 10.5. The molecule has 1 saturated carbocycles. The smallest absolute Gasteiger partial charge is 0.133 e. The number of methoxy groups -OCH3 is 1. The lowest BCUT2D eigenvalue weighted by molar-refractivity contribution is -0.0389. The van der Waals surface area contributed by atoms with Crippen LogP contribution in [-0.4, -0.2) is 18.8 Å². The quantitative estimate of drug-likeness (QED) is 0.649. The summed E-state index contributed by atoms with van der Waals surface area (Å²) in [6, 6.07) is 11.9. The van der Waals surface area contributed by atoms with E-state index in [1.54, 1.807) is 7.11 Å². The number of aliphatic hydroxyl groups is 1. The van der Waals surface area contributed by atoms with E-state index < -0.39 is 5.60 Å². The van der Waals surface area contributed by atoms with Crippen molar-refractivity contribution in [2.24, 2.45) is 0 Å². The SMILES string of the molecule is COc1cc(CCOc2cc(C3(O)CCC3)ccc2Br)ccc1Br. The van der Waals surface area contributed by atoms with Gasteiger partial charge in [-0.25, -0.2) is 0 Å². The molecule has 3 rings (SSSR count). The van der Waals surface area contributed by atoms with Crippen molar-refractivity contribution in [3.63, 3.8) is 0 Å². The van der Waals surface area contributed by atoms with Crippen LogP contribution in [0.15, 0.2) is 45.3 Å². The highest BCUT2D eigenvalue weighted by molar-refractivity contribution is 9.10. The molecule has 0 amide bonds. The van der Waals surface area contributed by atoms with Gasteiger partial charge in [0.1, 0.15) is 11.5 Å². The van der Waals surface area contributed by atoms with Crippen molar-refractivity contribution in [2.45, 2.75) is 31.3 Å². The van der Waals surface area contributed by atoms with E-state index in [-0.39, 0.29) is 0 Å². The van der Waals surface area contributed by atoms with Gasteiger partial charge < -0.3 is 14.6 Å². The Morgan fingerprint density at radius 1 is 1.04 bits per heavy atom. The van der Waals surface area contributed by atoms with Gasteiger partial charge in [0, 0.05) is 6.42 Å². The number of benzene rings is 2. The van der Waals surface area contributed by atoms with Gasteiger partial charge in [0.2, 0.25) is 0 Å². The van der Waals surface area contributed by atoms with Gasteiger partial charge in [0.15, 0.2) is 0 Å². The van der Waals surface area contributed by atoms with Crippen LogP contribution < -0.4 is 9.47 Å². The van der Waals surface area contributed by atoms with Crippen molar-refractivity contribution in [3.8, 4) is 11.5 Å². The average Bonchev–Trinajstić information content (AvgIpc) is 2.56. The third kappa shape index (κ3) is 3.79. The molecule has 0 bridgehead atoms. The molecule has 3 nitrogen and oxygen atoms in total. The molecule has 0 heterocycles. The van der Waals surface area contributed by atoms with Gasteiger partial charge in [-0.15, -0.1) is 0 Å². The minimum absolute atomic E-state index is 0.561. The van der Waals surface area contributed by atoms with Gasteiger partial charge in [0.05, 0.1) is 28.3 Å². The maximum absolute atomic E-state index is 10.5. The molecular formula is C19H20Br2O3. The minimum Gasteiger partial charge on any atom is -0.496 e. The Balaban J connectivity index is 1.65. The van der Waals surface area contributed by atoms with Crippen LogP contribution in [0, 0.1) is 0 Å². The van der Waals surface area contributed by atoms with Crippen LogP contribution in [0.25, 0.3) is 0 Å². The molecule has 0 saturated heterocycles. The van der Waals surface area contributed by atoms with Gasteiger partial charge in [-0.05, 0) is 86.5 Å². The zero-order valence-electron chi connectivity index (χ0n) is 13.5. The Morgan fingerprint density at radius 3 is 2.42 bits per heavy atom. The highest BCUT2D eigenvalue weighted by atomic mass is 79.9. The Morgan fingerprint density at radius 2 is 1.75 bits per heavy atom. The molecule has 1 aliphatic rings. The lowest BCUT2D eigenvalue weighted by Gasteiger charge is -2.37. The topological polar surface area (TPSA) is 38.7 Å². The fraction of sp³-hybridized carbons (Fsp3) is 0.368. The van der Waals surface area contributed by atoms with E-state index in [1.165, 1.54) is 0 Å². The second-order valence-corrected chi connectivity index (χ2v) is 7.81. The van der Waals surface area contributed by atoms with Crippen molar-refractivity contribution >= 4 is 31.9 Å². The third-order valence-corrected chi connectivity index (χ3v) is 5.82. The number of ether oxygens (including phenoxy) is 2. The summed E-state index contributed by atoms with van der Waals surface area (Å²) in [4.78, 5) is 0. The van der Waals surface area contributed by atoms with Crippen LogP contribution in [-0.2, 0) is 12.0 Å². The molecule has 1 N–H and O–H groups in total. The monoisotopic (exact) mass is 454 g/mol. The Hall–Kier alpha value is -1.04. The molecule has 0 unspecified atom stereocenters. The molecule has 0 aliphatic heterocycles. The lowest BCUT2D eigenvalue weighted by atomic mass is 9.75. The molecule has 2 aromatic carbocycles. The van der Waals surface area contributed by atoms with Crippen LogP contribution in [0.3, 0.4) is 0 Å². The molecule has 1 aliphatic carbocycles. The molecule has 0 spiro atoms. The summed E-state index contributed by atoms with van der Waals surface area (Å²) >= 11 is 6.98. The summed E-state index contributed by atoms with van der Waals surface area (Å²) in [6.45, 7) is 0.561. The van der Waals surface area contributed by atoms with Crippen molar-refractivity contribution in [1.82, 2.24) is 0 Å². The van der Waals surface area contributed by atoms with Gasteiger partial charge in [-0.3, -0.25) is 0 Å². The number of hydrogen-bond acceptors (Lipinski definition) is 3. The van der Waals surface area contributed by atoms with Crippen molar-refractivity contribution in [3.05, 3.63) is 56.5 Å². The molecule has 1 fully saturated rings. The van der Waals surface area contributed by atoms with E-state index in [4.69, 9.17) is 9.47 Å². The van der Waals surface area contributed by atoms with Gasteiger partial charge in [0.25, 0.3) is 0 Å². The number of rotatable bonds is 6. The van der Waals surface area contributed by atoms with Gasteiger partial charge >= 0.3 is 0 Å². The Kier molecular flexibility index (Phi) is 5.52. The predicted octanol–water partition coefficient (Wildman–Crippen LogP) is 5.21. The Labute approximate surface area is 159 Å². The summed E-state index contributed by atoms with van der Waals surface area (Å²) in [5.74, 6) is 1.60. The lowest BCUT2D eigenvalue weighted by Crippen LogP contribution is -2.33. The van der Waals surface area contributed by atoms with Crippen molar-refractivity contribution in [2.75, 3.05) is 13.7 Å². The van der Waals surface area contributed by atoms with Gasteiger partial charge in [-0.1, -0.05) is 12.1 Å². The van der Waals surface area contributed by atoms with Crippen molar-refractivity contribution in [1.29, 1.82) is 0 Å². The molecule has 0 aromatic heterocycles. The highest BCUT2D eigenvalue weighted by Crippen LogP contribution is 2.43. The van der Waals surface area contributed by atoms with Crippen LogP contribution in [0.2, 0.25) is 0 Å². The molecular weight excluding hydrogens is 436 g/mol. The van der Waals surface area contributed by atoms with Gasteiger partial charge in [-0.2, -0.15) is 0 Å². The molecule has 0 radical (unpaired) electrons. The van der Waals surface area contributed by atoms with E-state index in [1.807, 2.05) is 30.3 Å². The molecule has 128 valence electrons. The maximum Gasteiger partial charge on any atom is 0.133 e. The second-order valence-electron chi connectivity index (χ2n) is 6.10. The first-order valence-corrected chi connectivity index (χ1v) is 9.58. The summed E-state index contributed by atoms with van der Waals surface area (Å²) in [5.41, 5.74) is 1.43. The van der Waals surface area contributed by atoms with Crippen molar-refractivity contribution < 1.29 is 14.6 Å². The van der Waals surface area contributed by atoms with Crippen LogP contribution in [0.5, 0.6) is 11.5 Å². The van der Waals surface area contributed by atoms with E-state index in [9.17, 15) is 5.11 Å². The molecule has 2 aromatic rings. The number of halogens is 2. The largest absolute Gasteiger partial charge is 0.496 e. The maximum atomic E-state index is 10.5. The first kappa shape index (κ1) is 17.8.